The number of Topliss-reactive ketones (excluding diaryl/α,β-unsaturated/α-hetero) is 1. The van der Waals surface area contributed by atoms with Gasteiger partial charge in [-0.2, -0.15) is 0 Å². The number of thiophene rings is 1. The summed E-state index contributed by atoms with van der Waals surface area (Å²) in [5.41, 5.74) is 0.898. The number of rotatable bonds is 7. The summed E-state index contributed by atoms with van der Waals surface area (Å²) in [6, 6.07) is 10.8. The van der Waals surface area contributed by atoms with Gasteiger partial charge in [0.05, 0.1) is 16.3 Å². The molecule has 0 aliphatic rings. The molecule has 0 aliphatic heterocycles. The Hall–Kier alpha value is -1.85. The first-order valence-corrected chi connectivity index (χ1v) is 7.96. The molecule has 2 rings (SSSR count). The van der Waals surface area contributed by atoms with Crippen LogP contribution >= 0.6 is 22.9 Å². The summed E-state index contributed by atoms with van der Waals surface area (Å²) in [5.74, 6) is 0.498. The number of amides is 1. The van der Waals surface area contributed by atoms with Gasteiger partial charge in [-0.25, -0.2) is 0 Å². The molecular formula is C16H16ClNO3S. The zero-order chi connectivity index (χ0) is 15.9. The van der Waals surface area contributed by atoms with Crippen LogP contribution in [0.3, 0.4) is 0 Å². The van der Waals surface area contributed by atoms with Crippen LogP contribution < -0.4 is 10.1 Å². The summed E-state index contributed by atoms with van der Waals surface area (Å²) in [4.78, 5) is 24.3. The lowest BCUT2D eigenvalue weighted by atomic mass is 10.1. The number of hydrogen-bond acceptors (Lipinski definition) is 4. The first-order chi connectivity index (χ1) is 10.6. The number of ether oxygens (including phenoxy) is 1. The lowest BCUT2D eigenvalue weighted by molar-refractivity contribution is -0.121. The van der Waals surface area contributed by atoms with Crippen LogP contribution in [0.4, 0.5) is 0 Å². The van der Waals surface area contributed by atoms with E-state index in [9.17, 15) is 9.59 Å². The van der Waals surface area contributed by atoms with Gasteiger partial charge in [0.25, 0.3) is 0 Å². The maximum absolute atomic E-state index is 11.9. The van der Waals surface area contributed by atoms with E-state index in [-0.39, 0.29) is 24.5 Å². The molecule has 6 heteroatoms. The minimum atomic E-state index is -0.165. The highest BCUT2D eigenvalue weighted by Crippen LogP contribution is 2.23. The van der Waals surface area contributed by atoms with Crippen LogP contribution in [0.1, 0.15) is 28.1 Å². The smallest absolute Gasteiger partial charge is 0.220 e. The number of halogens is 1. The molecule has 1 amide bonds. The van der Waals surface area contributed by atoms with Crippen molar-refractivity contribution in [1.29, 1.82) is 0 Å². The van der Waals surface area contributed by atoms with Gasteiger partial charge in [0, 0.05) is 24.9 Å². The van der Waals surface area contributed by atoms with Crippen molar-refractivity contribution in [1.82, 2.24) is 5.32 Å². The van der Waals surface area contributed by atoms with Gasteiger partial charge < -0.3 is 10.1 Å². The second kappa shape index (κ2) is 7.96. The highest BCUT2D eigenvalue weighted by atomic mass is 35.5. The van der Waals surface area contributed by atoms with Crippen molar-refractivity contribution >= 4 is 34.6 Å². The van der Waals surface area contributed by atoms with E-state index in [2.05, 4.69) is 5.32 Å². The molecule has 116 valence electrons. The van der Waals surface area contributed by atoms with E-state index >= 15 is 0 Å². The summed E-state index contributed by atoms with van der Waals surface area (Å²) in [6.45, 7) is 0.377. The molecule has 1 aromatic carbocycles. The molecule has 0 saturated heterocycles. The average Bonchev–Trinajstić information content (AvgIpc) is 2.97. The minimum absolute atomic E-state index is 0.0654. The molecule has 22 heavy (non-hydrogen) atoms. The molecule has 1 aromatic heterocycles. The van der Waals surface area contributed by atoms with E-state index in [0.29, 0.717) is 15.8 Å². The lowest BCUT2D eigenvalue weighted by Gasteiger charge is -2.09. The molecule has 0 aliphatic carbocycles. The molecule has 0 atom stereocenters. The second-order valence-corrected chi connectivity index (χ2v) is 6.33. The summed E-state index contributed by atoms with van der Waals surface area (Å²) < 4.78 is 5.79. The molecule has 1 heterocycles. The van der Waals surface area contributed by atoms with E-state index in [4.69, 9.17) is 16.3 Å². The summed E-state index contributed by atoms with van der Waals surface area (Å²) in [5, 5.41) is 2.79. The van der Waals surface area contributed by atoms with Crippen molar-refractivity contribution in [3.8, 4) is 5.75 Å². The topological polar surface area (TPSA) is 55.4 Å². The zero-order valence-electron chi connectivity index (χ0n) is 12.1. The first kappa shape index (κ1) is 16.5. The Morgan fingerprint density at radius 2 is 1.95 bits per heavy atom. The molecule has 0 unspecified atom stereocenters. The summed E-state index contributed by atoms with van der Waals surface area (Å²) in [7, 11) is 1.59. The van der Waals surface area contributed by atoms with Crippen molar-refractivity contribution in [2.45, 2.75) is 19.4 Å². The molecule has 2 aromatic rings. The maximum atomic E-state index is 11.9. The summed E-state index contributed by atoms with van der Waals surface area (Å²) >= 11 is 7.02. The van der Waals surface area contributed by atoms with Crippen molar-refractivity contribution in [3.05, 3.63) is 51.2 Å². The van der Waals surface area contributed by atoms with E-state index in [0.717, 1.165) is 11.3 Å². The Morgan fingerprint density at radius 1 is 1.18 bits per heavy atom. The summed E-state index contributed by atoms with van der Waals surface area (Å²) in [6.07, 6.45) is 0.331. The molecule has 0 spiro atoms. The number of methoxy groups -OCH3 is 1. The van der Waals surface area contributed by atoms with Gasteiger partial charge in [-0.05, 0) is 18.2 Å². The van der Waals surface area contributed by atoms with Gasteiger partial charge in [-0.3, -0.25) is 9.59 Å². The molecule has 0 radical (unpaired) electrons. The Kier molecular flexibility index (Phi) is 5.98. The predicted octanol–water partition coefficient (Wildman–Crippen LogP) is 3.69. The van der Waals surface area contributed by atoms with Crippen LogP contribution in [0.2, 0.25) is 4.34 Å². The SMILES string of the molecule is COc1ccccc1CNC(=O)CCC(=O)c1ccc(Cl)s1. The molecule has 1 N–H and O–H groups in total. The molecular weight excluding hydrogens is 322 g/mol. The minimum Gasteiger partial charge on any atom is -0.496 e. The Balaban J connectivity index is 1.80. The van der Waals surface area contributed by atoms with Crippen LogP contribution in [0.25, 0.3) is 0 Å². The number of nitrogens with one attached hydrogen (secondary N) is 1. The zero-order valence-corrected chi connectivity index (χ0v) is 13.7. The fraction of sp³-hybridized carbons (Fsp3) is 0.250. The van der Waals surface area contributed by atoms with Crippen molar-refractivity contribution < 1.29 is 14.3 Å². The molecule has 4 nitrogen and oxygen atoms in total. The third-order valence-corrected chi connectivity index (χ3v) is 4.37. The van der Waals surface area contributed by atoms with Gasteiger partial charge in [0.2, 0.25) is 5.91 Å². The van der Waals surface area contributed by atoms with Gasteiger partial charge >= 0.3 is 0 Å². The largest absolute Gasteiger partial charge is 0.496 e. The van der Waals surface area contributed by atoms with Gasteiger partial charge in [-0.15, -0.1) is 11.3 Å². The van der Waals surface area contributed by atoms with Gasteiger partial charge in [0.15, 0.2) is 5.78 Å². The van der Waals surface area contributed by atoms with E-state index in [1.807, 2.05) is 24.3 Å². The number of hydrogen-bond donors (Lipinski definition) is 1. The Bertz CT molecular complexity index is 669. The number of benzene rings is 1. The highest BCUT2D eigenvalue weighted by molar-refractivity contribution is 7.18. The quantitative estimate of drug-likeness (QED) is 0.784. The fourth-order valence-electron chi connectivity index (χ4n) is 1.95. The first-order valence-electron chi connectivity index (χ1n) is 6.77. The van der Waals surface area contributed by atoms with Gasteiger partial charge in [0.1, 0.15) is 5.75 Å². The van der Waals surface area contributed by atoms with E-state index in [1.54, 1.807) is 19.2 Å². The third-order valence-electron chi connectivity index (χ3n) is 3.10. The molecule has 0 bridgehead atoms. The average molecular weight is 338 g/mol. The monoisotopic (exact) mass is 337 g/mol. The van der Waals surface area contributed by atoms with Crippen molar-refractivity contribution in [2.24, 2.45) is 0 Å². The fourth-order valence-corrected chi connectivity index (χ4v) is 2.96. The molecule has 0 saturated carbocycles. The predicted molar refractivity (Wildman–Crippen MR) is 87.7 cm³/mol. The van der Waals surface area contributed by atoms with E-state index in [1.165, 1.54) is 11.3 Å². The Labute approximate surface area is 138 Å². The number of carbonyl (C=O) groups excluding carboxylic acids is 2. The second-order valence-electron chi connectivity index (χ2n) is 4.62. The van der Waals surface area contributed by atoms with Gasteiger partial charge in [-0.1, -0.05) is 29.8 Å². The number of para-hydroxylation sites is 1. The number of ketones is 1. The van der Waals surface area contributed by atoms with Crippen molar-refractivity contribution in [3.63, 3.8) is 0 Å². The maximum Gasteiger partial charge on any atom is 0.220 e. The van der Waals surface area contributed by atoms with Crippen LogP contribution in [0, 0.1) is 0 Å². The van der Waals surface area contributed by atoms with Crippen molar-refractivity contribution in [2.75, 3.05) is 7.11 Å². The van der Waals surface area contributed by atoms with Crippen LogP contribution in [0.5, 0.6) is 5.75 Å². The lowest BCUT2D eigenvalue weighted by Crippen LogP contribution is -2.23. The number of carbonyl (C=O) groups is 2. The van der Waals surface area contributed by atoms with Crippen LogP contribution in [0.15, 0.2) is 36.4 Å². The normalized spacial score (nSPS) is 10.3. The van der Waals surface area contributed by atoms with E-state index < -0.39 is 0 Å². The van der Waals surface area contributed by atoms with Crippen LogP contribution in [-0.2, 0) is 11.3 Å². The molecule has 0 fully saturated rings. The standard InChI is InChI=1S/C16H16ClNO3S/c1-21-13-5-3-2-4-11(13)10-18-16(20)9-6-12(19)14-7-8-15(17)22-14/h2-5,7-8H,6,9-10H2,1H3,(H,18,20). The third kappa shape index (κ3) is 4.58. The highest BCUT2D eigenvalue weighted by Gasteiger charge is 2.12. The Morgan fingerprint density at radius 3 is 2.64 bits per heavy atom. The van der Waals surface area contributed by atoms with Crippen LogP contribution in [-0.4, -0.2) is 18.8 Å².